The van der Waals surface area contributed by atoms with E-state index in [1.165, 1.54) is 18.2 Å². The number of benzene rings is 1. The predicted octanol–water partition coefficient (Wildman–Crippen LogP) is 2.90. The van der Waals surface area contributed by atoms with Gasteiger partial charge in [0.1, 0.15) is 11.5 Å². The summed E-state index contributed by atoms with van der Waals surface area (Å²) in [5, 5.41) is 21.4. The van der Waals surface area contributed by atoms with Crippen LogP contribution in [0.1, 0.15) is 25.2 Å². The zero-order chi connectivity index (χ0) is 18.4. The van der Waals surface area contributed by atoms with Gasteiger partial charge in [-0.3, -0.25) is 19.6 Å². The minimum Gasteiger partial charge on any atom is -0.508 e. The van der Waals surface area contributed by atoms with Gasteiger partial charge >= 0.3 is 7.60 Å². The van der Waals surface area contributed by atoms with Crippen LogP contribution in [-0.2, 0) is 18.3 Å². The van der Waals surface area contributed by atoms with Crippen LogP contribution in [-0.4, -0.2) is 54.4 Å². The summed E-state index contributed by atoms with van der Waals surface area (Å²) in [4.78, 5) is 12.4. The number of morpholine rings is 1. The third-order valence-corrected chi connectivity index (χ3v) is 6.25. The monoisotopic (exact) mass is 374 g/mol. The molecular formula is C15H23N2O7P. The lowest BCUT2D eigenvalue weighted by molar-refractivity contribution is -0.385. The maximum absolute atomic E-state index is 13.4. The van der Waals surface area contributed by atoms with Gasteiger partial charge in [0.2, 0.25) is 0 Å². The first-order chi connectivity index (χ1) is 11.9. The van der Waals surface area contributed by atoms with E-state index in [1.54, 1.807) is 13.8 Å². The van der Waals surface area contributed by atoms with E-state index in [4.69, 9.17) is 13.8 Å². The molecule has 1 saturated heterocycles. The molecule has 1 aliphatic rings. The van der Waals surface area contributed by atoms with Gasteiger partial charge < -0.3 is 18.9 Å². The van der Waals surface area contributed by atoms with Crippen molar-refractivity contribution in [2.45, 2.75) is 19.6 Å². The Balaban J connectivity index is 2.56. The topological polar surface area (TPSA) is 111 Å². The molecule has 25 heavy (non-hydrogen) atoms. The van der Waals surface area contributed by atoms with Crippen LogP contribution < -0.4 is 0 Å². The average molecular weight is 374 g/mol. The number of nitro benzene ring substituents is 1. The lowest BCUT2D eigenvalue weighted by Crippen LogP contribution is -2.39. The predicted molar refractivity (Wildman–Crippen MR) is 90.8 cm³/mol. The third-order valence-electron chi connectivity index (χ3n) is 3.81. The molecule has 1 aromatic rings. The summed E-state index contributed by atoms with van der Waals surface area (Å²) in [6.45, 7) is 5.40. The smallest absolute Gasteiger partial charge is 0.352 e. The second-order valence-electron chi connectivity index (χ2n) is 5.40. The van der Waals surface area contributed by atoms with Crippen LogP contribution in [0.4, 0.5) is 5.69 Å². The van der Waals surface area contributed by atoms with Crippen LogP contribution in [0.15, 0.2) is 18.2 Å². The van der Waals surface area contributed by atoms with Crippen LogP contribution in [0.5, 0.6) is 5.75 Å². The van der Waals surface area contributed by atoms with E-state index < -0.39 is 18.3 Å². The fraction of sp³-hybridized carbons (Fsp3) is 0.600. The summed E-state index contributed by atoms with van der Waals surface area (Å²) in [5.74, 6) is -1.14. The molecule has 0 bridgehead atoms. The summed E-state index contributed by atoms with van der Waals surface area (Å²) in [6.07, 6.45) is 0. The van der Waals surface area contributed by atoms with E-state index in [2.05, 4.69) is 0 Å². The number of phenolic OH excluding ortho intramolecular Hbond substituents is 1. The Bertz CT molecular complexity index is 639. The van der Waals surface area contributed by atoms with Gasteiger partial charge in [0, 0.05) is 30.8 Å². The van der Waals surface area contributed by atoms with E-state index >= 15 is 0 Å². The highest BCUT2D eigenvalue weighted by molar-refractivity contribution is 7.54. The molecule has 140 valence electrons. The zero-order valence-electron chi connectivity index (χ0n) is 14.3. The highest BCUT2D eigenvalue weighted by atomic mass is 31.2. The Hall–Kier alpha value is -1.51. The number of aromatic hydroxyl groups is 1. The molecule has 1 aliphatic heterocycles. The van der Waals surface area contributed by atoms with Crippen LogP contribution in [0.2, 0.25) is 0 Å². The van der Waals surface area contributed by atoms with Crippen molar-refractivity contribution in [3.8, 4) is 5.75 Å². The summed E-state index contributed by atoms with van der Waals surface area (Å²) in [6, 6.07) is 3.64. The van der Waals surface area contributed by atoms with Crippen molar-refractivity contribution >= 4 is 13.3 Å². The second kappa shape index (κ2) is 8.73. The molecule has 0 spiro atoms. The first-order valence-corrected chi connectivity index (χ1v) is 9.72. The molecule has 0 aromatic heterocycles. The Morgan fingerprint density at radius 2 is 1.92 bits per heavy atom. The van der Waals surface area contributed by atoms with Crippen molar-refractivity contribution in [3.63, 3.8) is 0 Å². The highest BCUT2D eigenvalue weighted by Crippen LogP contribution is 2.63. The Labute approximate surface area is 146 Å². The van der Waals surface area contributed by atoms with E-state index in [9.17, 15) is 19.8 Å². The average Bonchev–Trinajstić information content (AvgIpc) is 2.58. The van der Waals surface area contributed by atoms with Crippen molar-refractivity contribution in [2.75, 3.05) is 39.5 Å². The second-order valence-corrected chi connectivity index (χ2v) is 7.48. The molecule has 0 radical (unpaired) electrons. The van der Waals surface area contributed by atoms with E-state index in [1.807, 2.05) is 4.90 Å². The van der Waals surface area contributed by atoms with Crippen molar-refractivity contribution in [2.24, 2.45) is 0 Å². The van der Waals surface area contributed by atoms with Crippen LogP contribution in [0.25, 0.3) is 0 Å². The Morgan fingerprint density at radius 1 is 1.32 bits per heavy atom. The Kier molecular flexibility index (Phi) is 6.92. The fourth-order valence-electron chi connectivity index (χ4n) is 2.79. The first kappa shape index (κ1) is 19.8. The van der Waals surface area contributed by atoms with Crippen molar-refractivity contribution < 1.29 is 28.4 Å². The van der Waals surface area contributed by atoms with Crippen LogP contribution in [0.3, 0.4) is 0 Å². The van der Waals surface area contributed by atoms with Gasteiger partial charge in [0.05, 0.1) is 31.4 Å². The zero-order valence-corrected chi connectivity index (χ0v) is 15.2. The normalized spacial score (nSPS) is 17.4. The largest absolute Gasteiger partial charge is 0.508 e. The Morgan fingerprint density at radius 3 is 2.44 bits per heavy atom. The molecule has 2 rings (SSSR count). The van der Waals surface area contributed by atoms with E-state index in [0.717, 1.165) is 0 Å². The summed E-state index contributed by atoms with van der Waals surface area (Å²) < 4.78 is 29.7. The molecule has 0 amide bonds. The number of nitro groups is 1. The van der Waals surface area contributed by atoms with Crippen molar-refractivity contribution in [1.29, 1.82) is 0 Å². The molecule has 1 atom stereocenters. The van der Waals surface area contributed by atoms with Gasteiger partial charge in [-0.05, 0) is 19.9 Å². The van der Waals surface area contributed by atoms with E-state index in [0.29, 0.717) is 26.3 Å². The van der Waals surface area contributed by atoms with Gasteiger partial charge in [0.15, 0.2) is 0 Å². The van der Waals surface area contributed by atoms with Crippen LogP contribution >= 0.6 is 7.60 Å². The number of ether oxygens (including phenoxy) is 1. The summed E-state index contributed by atoms with van der Waals surface area (Å²) in [7, 11) is -3.71. The molecule has 0 aliphatic carbocycles. The minimum atomic E-state index is -3.71. The molecule has 1 unspecified atom stereocenters. The van der Waals surface area contributed by atoms with Crippen LogP contribution in [0, 0.1) is 10.1 Å². The quantitative estimate of drug-likeness (QED) is 0.420. The maximum Gasteiger partial charge on any atom is 0.352 e. The first-order valence-electron chi connectivity index (χ1n) is 8.10. The van der Waals surface area contributed by atoms with Gasteiger partial charge in [-0.15, -0.1) is 0 Å². The SMILES string of the molecule is CCOP(=O)(OCC)C(c1cc([N+](=O)[O-])ccc1O)N1CCOCC1. The molecule has 9 nitrogen and oxygen atoms in total. The van der Waals surface area contributed by atoms with Gasteiger partial charge in [-0.1, -0.05) is 0 Å². The molecule has 10 heteroatoms. The summed E-state index contributed by atoms with van der Waals surface area (Å²) in [5.41, 5.74) is -0.0491. The fourth-order valence-corrected chi connectivity index (χ4v) is 5.04. The molecular weight excluding hydrogens is 351 g/mol. The van der Waals surface area contributed by atoms with Crippen molar-refractivity contribution in [3.05, 3.63) is 33.9 Å². The molecule has 1 heterocycles. The third kappa shape index (κ3) is 4.56. The number of hydrogen-bond acceptors (Lipinski definition) is 8. The standard InChI is InChI=1S/C15H23N2O7P/c1-3-23-25(21,24-4-2)15(16-7-9-22-10-8-16)13-11-12(17(19)20)5-6-14(13)18/h5-6,11,15,18H,3-4,7-10H2,1-2H3. The van der Waals surface area contributed by atoms with Gasteiger partial charge in [-0.25, -0.2) is 0 Å². The van der Waals surface area contributed by atoms with E-state index in [-0.39, 0.29) is 30.2 Å². The minimum absolute atomic E-state index is 0.147. The molecule has 0 saturated carbocycles. The maximum atomic E-state index is 13.4. The number of rotatable bonds is 8. The van der Waals surface area contributed by atoms with Gasteiger partial charge in [0.25, 0.3) is 5.69 Å². The molecule has 1 aromatic carbocycles. The number of phenols is 1. The number of nitrogens with zero attached hydrogens (tertiary/aromatic N) is 2. The number of non-ortho nitro benzene ring substituents is 1. The van der Waals surface area contributed by atoms with Gasteiger partial charge in [-0.2, -0.15) is 0 Å². The summed E-state index contributed by atoms with van der Waals surface area (Å²) >= 11 is 0. The van der Waals surface area contributed by atoms with Crippen molar-refractivity contribution in [1.82, 2.24) is 4.90 Å². The molecule has 1 N–H and O–H groups in total. The lowest BCUT2D eigenvalue weighted by atomic mass is 10.1. The molecule has 1 fully saturated rings. The number of hydrogen-bond donors (Lipinski definition) is 1. The lowest BCUT2D eigenvalue weighted by Gasteiger charge is -2.37. The highest BCUT2D eigenvalue weighted by Gasteiger charge is 2.43.